The van der Waals surface area contributed by atoms with Gasteiger partial charge in [0.25, 0.3) is 23.6 Å². The number of cyclic esters (lactones) is 4. The second kappa shape index (κ2) is 19.7. The Morgan fingerprint density at radius 2 is 0.643 bits per heavy atom. The molecule has 4 amide bonds. The summed E-state index contributed by atoms with van der Waals surface area (Å²) < 4.78 is 22.2. The van der Waals surface area contributed by atoms with Crippen LogP contribution in [0.15, 0.2) is 60.7 Å². The van der Waals surface area contributed by atoms with Crippen molar-refractivity contribution in [2.45, 2.75) is 103 Å². The largest absolute Gasteiger partial charge is 0.451 e. The molecule has 304 valence electrons. The van der Waals surface area contributed by atoms with Crippen molar-refractivity contribution in [2.24, 2.45) is 0 Å². The molecule has 1 aliphatic rings. The average molecular weight is 781 g/mol. The van der Waals surface area contributed by atoms with E-state index in [0.717, 1.165) is 19.6 Å². The van der Waals surface area contributed by atoms with Crippen LogP contribution in [0.4, 0.5) is 0 Å². The Morgan fingerprint density at radius 3 is 0.929 bits per heavy atom. The summed E-state index contributed by atoms with van der Waals surface area (Å²) in [6.45, 7) is 8.06. The molecular formula is C40H52N4O12. The van der Waals surface area contributed by atoms with E-state index < -0.39 is 96.1 Å². The molecule has 1 heterocycles. The number of benzene rings is 2. The molecule has 16 heteroatoms. The van der Waals surface area contributed by atoms with Crippen LogP contribution in [0.2, 0.25) is 0 Å². The third kappa shape index (κ3) is 11.1. The van der Waals surface area contributed by atoms with E-state index >= 15 is 0 Å². The van der Waals surface area contributed by atoms with Crippen molar-refractivity contribution in [3.8, 4) is 0 Å². The lowest BCUT2D eigenvalue weighted by atomic mass is 10.1. The molecule has 16 nitrogen and oxygen atoms in total. The third-order valence-electron chi connectivity index (χ3n) is 9.96. The minimum Gasteiger partial charge on any atom is -0.451 e. The van der Waals surface area contributed by atoms with Gasteiger partial charge >= 0.3 is 23.9 Å². The lowest BCUT2D eigenvalue weighted by Crippen LogP contribution is -2.53. The van der Waals surface area contributed by atoms with Gasteiger partial charge in [0.1, 0.15) is 24.2 Å². The van der Waals surface area contributed by atoms with Crippen LogP contribution in [0, 0.1) is 0 Å². The van der Waals surface area contributed by atoms with E-state index in [1.807, 2.05) is 0 Å². The number of nitrogens with zero attached hydrogens (tertiary/aromatic N) is 4. The maximum Gasteiger partial charge on any atom is 0.329 e. The molecule has 3 rings (SSSR count). The SMILES string of the molecule is C[C@@H]1OC(=O)[C@H](C)N(C)C(=O)[C@@H](Cc2ccccc2)OC(=O)[C@H](C)N(C)C(=O)[C@@H](C)OC(=O)[C@H](C)N(C)C(=O)[C@@H](Cc2ccccc2)OC(=O)[C@H](C)N(C)C1=O. The number of rotatable bonds is 4. The molecule has 1 fully saturated rings. The van der Waals surface area contributed by atoms with Gasteiger partial charge in [0.2, 0.25) is 0 Å². The molecule has 0 N–H and O–H groups in total. The van der Waals surface area contributed by atoms with Crippen molar-refractivity contribution in [3.63, 3.8) is 0 Å². The van der Waals surface area contributed by atoms with Gasteiger partial charge < -0.3 is 38.5 Å². The van der Waals surface area contributed by atoms with Gasteiger partial charge in [0.15, 0.2) is 24.4 Å². The summed E-state index contributed by atoms with van der Waals surface area (Å²) in [7, 11) is 5.20. The van der Waals surface area contributed by atoms with Crippen LogP contribution in [-0.2, 0) is 70.1 Å². The molecular weight excluding hydrogens is 728 g/mol. The number of carbonyl (C=O) groups is 8. The highest BCUT2D eigenvalue weighted by Crippen LogP contribution is 2.18. The molecule has 2 aromatic rings. The van der Waals surface area contributed by atoms with E-state index in [0.29, 0.717) is 11.1 Å². The minimum absolute atomic E-state index is 0.0834. The predicted molar refractivity (Wildman–Crippen MR) is 200 cm³/mol. The topological polar surface area (TPSA) is 186 Å². The van der Waals surface area contributed by atoms with Crippen LogP contribution < -0.4 is 0 Å². The van der Waals surface area contributed by atoms with E-state index in [1.54, 1.807) is 60.7 Å². The monoisotopic (exact) mass is 780 g/mol. The lowest BCUT2D eigenvalue weighted by molar-refractivity contribution is -0.174. The van der Waals surface area contributed by atoms with E-state index in [9.17, 15) is 38.4 Å². The first-order valence-electron chi connectivity index (χ1n) is 18.2. The standard InChI is InChI=1S/C40H52N4O12/c1-23-37(49)53-27(5)33(45)41(7)26(4)40(52)56-32(22-30-19-15-12-16-20-30)36(48)44(10)24(2)38(50)54-28(6)34(46)42(8)25(3)39(51)55-31(35(47)43(23)9)21-29-17-13-11-14-18-29/h11-20,23-28,31-32H,21-22H2,1-10H3/t23-,24-,25-,26-,27-,28+,31+,32+/m0/s1. The smallest absolute Gasteiger partial charge is 0.329 e. The number of esters is 4. The zero-order chi connectivity index (χ0) is 42.0. The molecule has 0 spiro atoms. The highest BCUT2D eigenvalue weighted by atomic mass is 16.6. The van der Waals surface area contributed by atoms with Gasteiger partial charge in [-0.2, -0.15) is 0 Å². The van der Waals surface area contributed by atoms with Crippen molar-refractivity contribution in [3.05, 3.63) is 71.8 Å². The van der Waals surface area contributed by atoms with Crippen LogP contribution in [0.25, 0.3) is 0 Å². The molecule has 0 bridgehead atoms. The number of carbonyl (C=O) groups excluding carboxylic acids is 8. The zero-order valence-electron chi connectivity index (χ0n) is 33.5. The fourth-order valence-electron chi connectivity index (χ4n) is 5.56. The number of hydrogen-bond donors (Lipinski definition) is 0. The van der Waals surface area contributed by atoms with Crippen molar-refractivity contribution in [1.29, 1.82) is 0 Å². The second-order valence-electron chi connectivity index (χ2n) is 13.9. The lowest BCUT2D eigenvalue weighted by Gasteiger charge is -2.32. The molecule has 0 aromatic heterocycles. The van der Waals surface area contributed by atoms with E-state index in [2.05, 4.69) is 0 Å². The first-order chi connectivity index (χ1) is 26.3. The van der Waals surface area contributed by atoms with Crippen LogP contribution >= 0.6 is 0 Å². The summed E-state index contributed by atoms with van der Waals surface area (Å²) in [5.74, 6) is -6.94. The Kier molecular flexibility index (Phi) is 15.7. The summed E-state index contributed by atoms with van der Waals surface area (Å²) in [4.78, 5) is 112. The maximum atomic E-state index is 13.8. The number of ether oxygens (including phenoxy) is 4. The molecule has 0 aliphatic carbocycles. The maximum absolute atomic E-state index is 13.8. The molecule has 1 saturated heterocycles. The van der Waals surface area contributed by atoms with E-state index in [1.165, 1.54) is 69.7 Å². The fraction of sp³-hybridized carbons (Fsp3) is 0.500. The summed E-state index contributed by atoms with van der Waals surface area (Å²) in [6, 6.07) is 12.3. The van der Waals surface area contributed by atoms with Crippen molar-refractivity contribution < 1.29 is 57.3 Å². The Hall–Kier alpha value is -5.80. The van der Waals surface area contributed by atoms with Gasteiger partial charge in [-0.3, -0.25) is 19.2 Å². The Balaban J connectivity index is 2.00. The minimum atomic E-state index is -1.45. The number of hydrogen-bond acceptors (Lipinski definition) is 12. The second-order valence-corrected chi connectivity index (χ2v) is 13.9. The van der Waals surface area contributed by atoms with Gasteiger partial charge in [-0.25, -0.2) is 19.2 Å². The van der Waals surface area contributed by atoms with Crippen LogP contribution in [-0.4, -0.2) is 144 Å². The van der Waals surface area contributed by atoms with Gasteiger partial charge in [0.05, 0.1) is 0 Å². The summed E-state index contributed by atoms with van der Waals surface area (Å²) >= 11 is 0. The summed E-state index contributed by atoms with van der Waals surface area (Å²) in [5.41, 5.74) is 1.26. The normalized spacial score (nSPS) is 27.6. The zero-order valence-corrected chi connectivity index (χ0v) is 33.5. The van der Waals surface area contributed by atoms with Gasteiger partial charge in [-0.05, 0) is 52.7 Å². The van der Waals surface area contributed by atoms with Crippen LogP contribution in [0.1, 0.15) is 52.7 Å². The fourth-order valence-corrected chi connectivity index (χ4v) is 5.56. The van der Waals surface area contributed by atoms with Crippen LogP contribution in [0.5, 0.6) is 0 Å². The Bertz CT molecular complexity index is 1630. The average Bonchev–Trinajstić information content (AvgIpc) is 3.19. The summed E-state index contributed by atoms with van der Waals surface area (Å²) in [6.07, 6.45) is -5.91. The Labute approximate surface area is 326 Å². The number of likely N-dealkylation sites (N-methyl/N-ethyl adjacent to an activating group) is 4. The molecule has 0 saturated carbocycles. The molecule has 56 heavy (non-hydrogen) atoms. The van der Waals surface area contributed by atoms with E-state index in [4.69, 9.17) is 18.9 Å². The van der Waals surface area contributed by atoms with Gasteiger partial charge in [0, 0.05) is 41.0 Å². The molecule has 2 aromatic carbocycles. The van der Waals surface area contributed by atoms with E-state index in [-0.39, 0.29) is 12.8 Å². The third-order valence-corrected chi connectivity index (χ3v) is 9.96. The van der Waals surface area contributed by atoms with Crippen LogP contribution in [0.3, 0.4) is 0 Å². The van der Waals surface area contributed by atoms with Crippen molar-refractivity contribution in [1.82, 2.24) is 19.6 Å². The molecule has 0 radical (unpaired) electrons. The number of amides is 4. The van der Waals surface area contributed by atoms with Crippen molar-refractivity contribution in [2.75, 3.05) is 28.2 Å². The first-order valence-corrected chi connectivity index (χ1v) is 18.2. The Morgan fingerprint density at radius 1 is 0.393 bits per heavy atom. The van der Waals surface area contributed by atoms with Crippen molar-refractivity contribution >= 4 is 47.5 Å². The van der Waals surface area contributed by atoms with Gasteiger partial charge in [-0.15, -0.1) is 0 Å². The highest BCUT2D eigenvalue weighted by Gasteiger charge is 2.39. The quantitative estimate of drug-likeness (QED) is 0.323. The van der Waals surface area contributed by atoms with Gasteiger partial charge in [-0.1, -0.05) is 60.7 Å². The first kappa shape index (κ1) is 44.6. The predicted octanol–water partition coefficient (Wildman–Crippen LogP) is 1.56. The molecule has 0 unspecified atom stereocenters. The summed E-state index contributed by atoms with van der Waals surface area (Å²) in [5, 5.41) is 0. The molecule has 1 aliphatic heterocycles. The molecule has 8 atom stereocenters. The highest BCUT2D eigenvalue weighted by molar-refractivity contribution is 5.94.